The number of nitrogens with one attached hydrogen (secondary N) is 1. The van der Waals surface area contributed by atoms with Gasteiger partial charge in [0.2, 0.25) is 12.4 Å². The first-order valence-electron chi connectivity index (χ1n) is 6.34. The van der Waals surface area contributed by atoms with Gasteiger partial charge in [-0.25, -0.2) is 4.98 Å². The predicted molar refractivity (Wildman–Crippen MR) is 70.7 cm³/mol. The highest BCUT2D eigenvalue weighted by Gasteiger charge is 2.17. The van der Waals surface area contributed by atoms with Gasteiger partial charge < -0.3 is 15.1 Å². The molecule has 1 aromatic heterocycles. The van der Waals surface area contributed by atoms with Crippen molar-refractivity contribution in [2.24, 2.45) is 0 Å². The van der Waals surface area contributed by atoms with Crippen LogP contribution in [0.1, 0.15) is 13.3 Å². The molecule has 1 saturated heterocycles. The zero-order valence-corrected chi connectivity index (χ0v) is 10.7. The Hall–Kier alpha value is -1.85. The second kappa shape index (κ2) is 6.18. The Morgan fingerprint density at radius 2 is 2.17 bits per heavy atom. The van der Waals surface area contributed by atoms with Crippen LogP contribution in [-0.2, 0) is 4.79 Å². The highest BCUT2D eigenvalue weighted by molar-refractivity contribution is 5.48. The first-order chi connectivity index (χ1) is 8.83. The van der Waals surface area contributed by atoms with Gasteiger partial charge in [0.1, 0.15) is 5.82 Å². The van der Waals surface area contributed by atoms with E-state index < -0.39 is 0 Å². The molecule has 0 unspecified atom stereocenters. The molecule has 2 rings (SSSR count). The number of anilines is 2. The molecule has 6 heteroatoms. The number of carbonyl (C=O) groups is 1. The SMILES string of the molecule is CCCNc1ccnc(N2CCN(C=O)CC2)n1. The molecule has 6 nitrogen and oxygen atoms in total. The van der Waals surface area contributed by atoms with E-state index in [2.05, 4.69) is 27.1 Å². The van der Waals surface area contributed by atoms with Gasteiger partial charge in [-0.05, 0) is 12.5 Å². The average molecular weight is 249 g/mol. The molecule has 0 spiro atoms. The maximum Gasteiger partial charge on any atom is 0.227 e. The van der Waals surface area contributed by atoms with Crippen LogP contribution in [-0.4, -0.2) is 54.0 Å². The summed E-state index contributed by atoms with van der Waals surface area (Å²) in [7, 11) is 0. The fraction of sp³-hybridized carbons (Fsp3) is 0.583. The topological polar surface area (TPSA) is 61.4 Å². The molecule has 0 aliphatic carbocycles. The number of nitrogens with zero attached hydrogens (tertiary/aromatic N) is 4. The van der Waals surface area contributed by atoms with Crippen molar-refractivity contribution in [1.82, 2.24) is 14.9 Å². The molecule has 1 aliphatic rings. The van der Waals surface area contributed by atoms with E-state index in [1.165, 1.54) is 0 Å². The highest BCUT2D eigenvalue weighted by Crippen LogP contribution is 2.12. The minimum atomic E-state index is 0.736. The molecule has 1 aliphatic heterocycles. The monoisotopic (exact) mass is 249 g/mol. The summed E-state index contributed by atoms with van der Waals surface area (Å²) >= 11 is 0. The standard InChI is InChI=1S/C12H19N5O/c1-2-4-13-11-3-5-14-12(15-11)17-8-6-16(10-18)7-9-17/h3,5,10H,2,4,6-9H2,1H3,(H,13,14,15). The summed E-state index contributed by atoms with van der Waals surface area (Å²) in [5.41, 5.74) is 0. The summed E-state index contributed by atoms with van der Waals surface area (Å²) in [6.45, 7) is 6.08. The number of piperazine rings is 1. The fourth-order valence-corrected chi connectivity index (χ4v) is 1.88. The number of hydrogen-bond acceptors (Lipinski definition) is 5. The van der Waals surface area contributed by atoms with E-state index in [4.69, 9.17) is 0 Å². The van der Waals surface area contributed by atoms with E-state index in [1.807, 2.05) is 6.07 Å². The van der Waals surface area contributed by atoms with E-state index >= 15 is 0 Å². The van der Waals surface area contributed by atoms with Crippen LogP contribution >= 0.6 is 0 Å². The maximum atomic E-state index is 10.6. The second-order valence-electron chi connectivity index (χ2n) is 4.30. The molecule has 0 bridgehead atoms. The summed E-state index contributed by atoms with van der Waals surface area (Å²) < 4.78 is 0. The number of amides is 1. The Labute approximate surface area is 107 Å². The number of rotatable bonds is 5. The predicted octanol–water partition coefficient (Wildman–Crippen LogP) is 0.577. The van der Waals surface area contributed by atoms with Gasteiger partial charge in [0.15, 0.2) is 0 Å². The molecule has 1 N–H and O–H groups in total. The number of carbonyl (C=O) groups excluding carboxylic acids is 1. The van der Waals surface area contributed by atoms with Gasteiger partial charge in [0.05, 0.1) is 0 Å². The van der Waals surface area contributed by atoms with Gasteiger partial charge in [-0.15, -0.1) is 0 Å². The second-order valence-corrected chi connectivity index (χ2v) is 4.30. The van der Waals surface area contributed by atoms with Gasteiger partial charge in [-0.2, -0.15) is 4.98 Å². The van der Waals surface area contributed by atoms with Crippen molar-refractivity contribution in [3.05, 3.63) is 12.3 Å². The minimum Gasteiger partial charge on any atom is -0.370 e. The lowest BCUT2D eigenvalue weighted by molar-refractivity contribution is -0.118. The Morgan fingerprint density at radius 3 is 2.83 bits per heavy atom. The van der Waals surface area contributed by atoms with Crippen molar-refractivity contribution >= 4 is 18.2 Å². The molecule has 0 atom stereocenters. The smallest absolute Gasteiger partial charge is 0.227 e. The maximum absolute atomic E-state index is 10.6. The van der Waals surface area contributed by atoms with Crippen molar-refractivity contribution in [1.29, 1.82) is 0 Å². The molecule has 1 fully saturated rings. The van der Waals surface area contributed by atoms with Gasteiger partial charge >= 0.3 is 0 Å². The molecule has 0 aromatic carbocycles. The Kier molecular flexibility index (Phi) is 4.33. The molecular formula is C12H19N5O. The molecule has 98 valence electrons. The van der Waals surface area contributed by atoms with Crippen LogP contribution < -0.4 is 10.2 Å². The lowest BCUT2D eigenvalue weighted by atomic mass is 10.3. The lowest BCUT2D eigenvalue weighted by Gasteiger charge is -2.32. The first-order valence-corrected chi connectivity index (χ1v) is 6.34. The van der Waals surface area contributed by atoms with Crippen LogP contribution in [0.4, 0.5) is 11.8 Å². The molecule has 0 radical (unpaired) electrons. The van der Waals surface area contributed by atoms with Crippen molar-refractivity contribution in [2.45, 2.75) is 13.3 Å². The average Bonchev–Trinajstić information content (AvgIpc) is 2.45. The van der Waals surface area contributed by atoms with Gasteiger partial charge in [-0.3, -0.25) is 4.79 Å². The van der Waals surface area contributed by atoms with Crippen molar-refractivity contribution in [2.75, 3.05) is 42.9 Å². The Morgan fingerprint density at radius 1 is 1.39 bits per heavy atom. The molecule has 0 saturated carbocycles. The van der Waals surface area contributed by atoms with Crippen LogP contribution in [0.2, 0.25) is 0 Å². The summed E-state index contributed by atoms with van der Waals surface area (Å²) in [4.78, 5) is 23.3. The van der Waals surface area contributed by atoms with Gasteiger partial charge in [-0.1, -0.05) is 6.92 Å². The molecular weight excluding hydrogens is 230 g/mol. The van der Waals surface area contributed by atoms with Crippen molar-refractivity contribution < 1.29 is 4.79 Å². The largest absolute Gasteiger partial charge is 0.370 e. The van der Waals surface area contributed by atoms with Crippen LogP contribution in [0.5, 0.6) is 0 Å². The molecule has 1 aromatic rings. The number of hydrogen-bond donors (Lipinski definition) is 1. The van der Waals surface area contributed by atoms with Crippen LogP contribution in [0, 0.1) is 0 Å². The summed E-state index contributed by atoms with van der Waals surface area (Å²) in [6, 6.07) is 1.88. The lowest BCUT2D eigenvalue weighted by Crippen LogP contribution is -2.46. The summed E-state index contributed by atoms with van der Waals surface area (Å²) in [5, 5.41) is 3.25. The van der Waals surface area contributed by atoms with E-state index in [0.29, 0.717) is 0 Å². The zero-order valence-electron chi connectivity index (χ0n) is 10.7. The third-order valence-electron chi connectivity index (χ3n) is 2.95. The van der Waals surface area contributed by atoms with E-state index in [-0.39, 0.29) is 0 Å². The quantitative estimate of drug-likeness (QED) is 0.773. The van der Waals surface area contributed by atoms with E-state index in [9.17, 15) is 4.79 Å². The zero-order chi connectivity index (χ0) is 12.8. The third kappa shape index (κ3) is 3.09. The van der Waals surface area contributed by atoms with Crippen LogP contribution in [0.3, 0.4) is 0 Å². The van der Waals surface area contributed by atoms with E-state index in [0.717, 1.165) is 57.3 Å². The van der Waals surface area contributed by atoms with Gasteiger partial charge in [0, 0.05) is 38.9 Å². The Balaban J connectivity index is 1.98. The number of aromatic nitrogens is 2. The minimum absolute atomic E-state index is 0.736. The fourth-order valence-electron chi connectivity index (χ4n) is 1.88. The van der Waals surface area contributed by atoms with Crippen molar-refractivity contribution in [3.63, 3.8) is 0 Å². The van der Waals surface area contributed by atoms with Crippen LogP contribution in [0.25, 0.3) is 0 Å². The third-order valence-corrected chi connectivity index (χ3v) is 2.95. The molecule has 1 amide bonds. The van der Waals surface area contributed by atoms with Crippen LogP contribution in [0.15, 0.2) is 12.3 Å². The first kappa shape index (κ1) is 12.6. The highest BCUT2D eigenvalue weighted by atomic mass is 16.1. The molecule has 2 heterocycles. The summed E-state index contributed by atoms with van der Waals surface area (Å²) in [5.74, 6) is 1.60. The van der Waals surface area contributed by atoms with E-state index in [1.54, 1.807) is 11.1 Å². The Bertz CT molecular complexity index is 390. The van der Waals surface area contributed by atoms with Gasteiger partial charge in [0.25, 0.3) is 0 Å². The molecule has 18 heavy (non-hydrogen) atoms. The normalized spacial score (nSPS) is 15.6. The summed E-state index contributed by atoms with van der Waals surface area (Å²) in [6.07, 6.45) is 3.74. The van der Waals surface area contributed by atoms with Crippen molar-refractivity contribution in [3.8, 4) is 0 Å².